The molecule has 1 fully saturated rings. The van der Waals surface area contributed by atoms with E-state index in [1.165, 1.54) is 6.20 Å². The quantitative estimate of drug-likeness (QED) is 0.667. The normalized spacial score (nSPS) is 14.6. The Balaban J connectivity index is 1.59. The van der Waals surface area contributed by atoms with E-state index in [4.69, 9.17) is 14.2 Å². The van der Waals surface area contributed by atoms with Crippen molar-refractivity contribution in [3.05, 3.63) is 42.1 Å². The molecule has 0 saturated heterocycles. The van der Waals surface area contributed by atoms with Gasteiger partial charge in [-0.15, -0.1) is 0 Å². The summed E-state index contributed by atoms with van der Waals surface area (Å²) >= 11 is 0. The van der Waals surface area contributed by atoms with E-state index in [-0.39, 0.29) is 18.3 Å². The van der Waals surface area contributed by atoms with Crippen LogP contribution < -0.4 is 14.8 Å². The van der Waals surface area contributed by atoms with Crippen LogP contribution in [0.4, 0.5) is 5.69 Å². The van der Waals surface area contributed by atoms with Crippen molar-refractivity contribution in [1.82, 2.24) is 4.98 Å². The zero-order valence-electron chi connectivity index (χ0n) is 18.1. The van der Waals surface area contributed by atoms with Gasteiger partial charge in [0.15, 0.2) is 0 Å². The first-order valence-corrected chi connectivity index (χ1v) is 9.92. The molecule has 0 spiro atoms. The first-order valence-electron chi connectivity index (χ1n) is 9.92. The van der Waals surface area contributed by atoms with Crippen LogP contribution in [0.25, 0.3) is 0 Å². The van der Waals surface area contributed by atoms with E-state index < -0.39 is 11.0 Å². The number of ether oxygens (including phenoxy) is 3. The maximum atomic E-state index is 12.7. The van der Waals surface area contributed by atoms with Crippen LogP contribution >= 0.6 is 0 Å². The summed E-state index contributed by atoms with van der Waals surface area (Å²) in [4.78, 5) is 29.0. The molecule has 2 aromatic rings. The Morgan fingerprint density at radius 1 is 1.17 bits per heavy atom. The summed E-state index contributed by atoms with van der Waals surface area (Å²) in [6.45, 7) is 7.39. The van der Waals surface area contributed by atoms with Crippen LogP contribution in [0.15, 0.2) is 36.5 Å². The van der Waals surface area contributed by atoms with Crippen LogP contribution in [0.1, 0.15) is 45.6 Å². The number of carbonyl (C=O) groups excluding carboxylic acids is 2. The molecule has 1 aliphatic rings. The highest BCUT2D eigenvalue weighted by Crippen LogP contribution is 2.50. The minimum atomic E-state index is -0.685. The average molecular weight is 412 g/mol. The number of esters is 1. The molecule has 0 unspecified atom stereocenters. The predicted octanol–water partition coefficient (Wildman–Crippen LogP) is 4.64. The first-order chi connectivity index (χ1) is 14.1. The molecule has 0 atom stereocenters. The molecule has 0 radical (unpaired) electrons. The van der Waals surface area contributed by atoms with Crippen molar-refractivity contribution in [3.63, 3.8) is 0 Å². The van der Waals surface area contributed by atoms with Crippen LogP contribution in [0.3, 0.4) is 0 Å². The Hall–Kier alpha value is -3.09. The number of nitrogens with one attached hydrogen (secondary N) is 1. The van der Waals surface area contributed by atoms with Gasteiger partial charge in [0.05, 0.1) is 30.8 Å². The van der Waals surface area contributed by atoms with Gasteiger partial charge in [0.25, 0.3) is 0 Å². The molecule has 1 saturated carbocycles. The van der Waals surface area contributed by atoms with Gasteiger partial charge in [-0.05, 0) is 58.2 Å². The SMILES string of the molecule is COc1cc(Oc2ccc(NC(=O)C3(CC(=O)OC(C)(C)C)CC3)cn2)ccc1C. The van der Waals surface area contributed by atoms with Gasteiger partial charge in [-0.1, -0.05) is 6.07 Å². The van der Waals surface area contributed by atoms with Crippen LogP contribution in [0.5, 0.6) is 17.4 Å². The second-order valence-electron chi connectivity index (χ2n) is 8.62. The second-order valence-corrected chi connectivity index (χ2v) is 8.62. The highest BCUT2D eigenvalue weighted by atomic mass is 16.6. The average Bonchev–Trinajstić information content (AvgIpc) is 3.44. The smallest absolute Gasteiger partial charge is 0.307 e. The fraction of sp³-hybridized carbons (Fsp3) is 0.435. The topological polar surface area (TPSA) is 86.8 Å². The summed E-state index contributed by atoms with van der Waals surface area (Å²) in [5.74, 6) is 1.19. The fourth-order valence-electron chi connectivity index (χ4n) is 3.05. The number of carbonyl (C=O) groups is 2. The van der Waals surface area contributed by atoms with Crippen molar-refractivity contribution >= 4 is 17.6 Å². The van der Waals surface area contributed by atoms with Crippen molar-refractivity contribution in [1.29, 1.82) is 0 Å². The molecule has 0 aliphatic heterocycles. The lowest BCUT2D eigenvalue weighted by atomic mass is 10.0. The van der Waals surface area contributed by atoms with Crippen molar-refractivity contribution in [2.45, 2.75) is 52.6 Å². The number of hydrogen-bond donors (Lipinski definition) is 1. The zero-order chi connectivity index (χ0) is 21.9. The third-order valence-corrected chi connectivity index (χ3v) is 4.83. The second kappa shape index (κ2) is 8.34. The van der Waals surface area contributed by atoms with Gasteiger partial charge in [-0.3, -0.25) is 9.59 Å². The number of aromatic nitrogens is 1. The molecule has 1 aromatic heterocycles. The third kappa shape index (κ3) is 5.49. The van der Waals surface area contributed by atoms with Gasteiger partial charge >= 0.3 is 5.97 Å². The van der Waals surface area contributed by atoms with Gasteiger partial charge in [0, 0.05) is 12.1 Å². The molecule has 1 N–H and O–H groups in total. The molecule has 1 amide bonds. The summed E-state index contributed by atoms with van der Waals surface area (Å²) in [6, 6.07) is 8.93. The molecule has 1 aromatic carbocycles. The van der Waals surface area contributed by atoms with Crippen LogP contribution in [0.2, 0.25) is 0 Å². The van der Waals surface area contributed by atoms with Gasteiger partial charge in [-0.2, -0.15) is 0 Å². The molecular weight excluding hydrogens is 384 g/mol. The lowest BCUT2D eigenvalue weighted by Gasteiger charge is -2.21. The minimum absolute atomic E-state index is 0.0833. The number of benzene rings is 1. The Bertz CT molecular complexity index is 928. The van der Waals surface area contributed by atoms with Crippen LogP contribution in [0, 0.1) is 12.3 Å². The number of hydrogen-bond acceptors (Lipinski definition) is 6. The lowest BCUT2D eigenvalue weighted by Crippen LogP contribution is -2.30. The van der Waals surface area contributed by atoms with E-state index in [9.17, 15) is 9.59 Å². The summed E-state index contributed by atoms with van der Waals surface area (Å²) < 4.78 is 16.4. The molecular formula is C23H28N2O5. The van der Waals surface area contributed by atoms with E-state index in [2.05, 4.69) is 10.3 Å². The highest BCUT2D eigenvalue weighted by Gasteiger charge is 2.52. The van der Waals surface area contributed by atoms with E-state index in [1.54, 1.807) is 25.3 Å². The molecule has 3 rings (SSSR count). The summed E-state index contributed by atoms with van der Waals surface area (Å²) in [7, 11) is 1.61. The molecule has 1 aliphatic carbocycles. The predicted molar refractivity (Wildman–Crippen MR) is 113 cm³/mol. The van der Waals surface area contributed by atoms with Crippen LogP contribution in [-0.2, 0) is 14.3 Å². The summed E-state index contributed by atoms with van der Waals surface area (Å²) in [5.41, 5.74) is 0.307. The highest BCUT2D eigenvalue weighted by molar-refractivity contribution is 5.99. The maximum absolute atomic E-state index is 12.7. The van der Waals surface area contributed by atoms with Gasteiger partial charge in [0.1, 0.15) is 17.1 Å². The van der Waals surface area contributed by atoms with Crippen molar-refractivity contribution in [3.8, 4) is 17.4 Å². The molecule has 7 nitrogen and oxygen atoms in total. The monoisotopic (exact) mass is 412 g/mol. The number of pyridine rings is 1. The number of amides is 1. The Kier molecular flexibility index (Phi) is 6.01. The first kappa shape index (κ1) is 21.6. The van der Waals surface area contributed by atoms with Crippen LogP contribution in [-0.4, -0.2) is 29.6 Å². The third-order valence-electron chi connectivity index (χ3n) is 4.83. The van der Waals surface area contributed by atoms with Gasteiger partial charge < -0.3 is 19.5 Å². The minimum Gasteiger partial charge on any atom is -0.496 e. The Labute approximate surface area is 176 Å². The molecule has 1 heterocycles. The molecule has 0 bridgehead atoms. The maximum Gasteiger partial charge on any atom is 0.307 e. The number of aryl methyl sites for hydroxylation is 1. The number of methoxy groups -OCH3 is 1. The molecule has 30 heavy (non-hydrogen) atoms. The number of nitrogens with zero attached hydrogens (tertiary/aromatic N) is 1. The van der Waals surface area contributed by atoms with Crippen molar-refractivity contribution in [2.75, 3.05) is 12.4 Å². The van der Waals surface area contributed by atoms with E-state index in [0.717, 1.165) is 11.3 Å². The van der Waals surface area contributed by atoms with E-state index in [1.807, 2.05) is 39.8 Å². The largest absolute Gasteiger partial charge is 0.496 e. The van der Waals surface area contributed by atoms with Crippen molar-refractivity contribution in [2.24, 2.45) is 5.41 Å². The van der Waals surface area contributed by atoms with Gasteiger partial charge in [-0.25, -0.2) is 4.98 Å². The molecule has 7 heteroatoms. The fourth-order valence-corrected chi connectivity index (χ4v) is 3.05. The van der Waals surface area contributed by atoms with E-state index >= 15 is 0 Å². The summed E-state index contributed by atoms with van der Waals surface area (Å²) in [6.07, 6.45) is 2.95. The summed E-state index contributed by atoms with van der Waals surface area (Å²) in [5, 5.41) is 2.84. The number of anilines is 1. The Morgan fingerprint density at radius 2 is 1.90 bits per heavy atom. The standard InChI is InChI=1S/C23H28N2O5/c1-15-6-8-17(12-18(15)28-5)29-19-9-7-16(14-24-19)25-21(27)23(10-11-23)13-20(26)30-22(2,3)4/h6-9,12,14H,10-11,13H2,1-5H3,(H,25,27). The van der Waals surface area contributed by atoms with Crippen molar-refractivity contribution < 1.29 is 23.8 Å². The van der Waals surface area contributed by atoms with Gasteiger partial charge in [0.2, 0.25) is 11.8 Å². The molecule has 160 valence electrons. The van der Waals surface area contributed by atoms with E-state index in [0.29, 0.717) is 30.2 Å². The Morgan fingerprint density at radius 3 is 2.47 bits per heavy atom. The zero-order valence-corrected chi connectivity index (χ0v) is 18.1. The number of rotatable bonds is 7. The lowest BCUT2D eigenvalue weighted by molar-refractivity contribution is -0.157.